The Labute approximate surface area is 118 Å². The molecule has 0 saturated carbocycles. The summed E-state index contributed by atoms with van der Waals surface area (Å²) < 4.78 is 0. The van der Waals surface area contributed by atoms with E-state index >= 15 is 0 Å². The number of nitrogens with zero attached hydrogens (tertiary/aromatic N) is 4. The van der Waals surface area contributed by atoms with Crippen molar-refractivity contribution in [1.82, 2.24) is 9.97 Å². The van der Waals surface area contributed by atoms with E-state index in [1.165, 1.54) is 18.5 Å². The predicted octanol–water partition coefficient (Wildman–Crippen LogP) is 2.10. The molecule has 0 radical (unpaired) electrons. The van der Waals surface area contributed by atoms with Crippen molar-refractivity contribution in [3.05, 3.63) is 41.7 Å². The SMILES string of the molecule is O/N=C/c1ccc2c(cc(O)c3nc(/C=N/O)ccc32)n1. The highest BCUT2D eigenvalue weighted by Gasteiger charge is 2.09. The third-order valence-corrected chi connectivity index (χ3v) is 3.05. The maximum Gasteiger partial charge on any atom is 0.144 e. The van der Waals surface area contributed by atoms with E-state index in [9.17, 15) is 5.11 Å². The molecule has 21 heavy (non-hydrogen) atoms. The van der Waals surface area contributed by atoms with Gasteiger partial charge < -0.3 is 15.5 Å². The van der Waals surface area contributed by atoms with Gasteiger partial charge in [-0.15, -0.1) is 0 Å². The van der Waals surface area contributed by atoms with E-state index in [0.29, 0.717) is 22.4 Å². The van der Waals surface area contributed by atoms with Crippen LogP contribution in [0.2, 0.25) is 0 Å². The van der Waals surface area contributed by atoms with E-state index < -0.39 is 0 Å². The number of fused-ring (bicyclic) bond motifs is 3. The van der Waals surface area contributed by atoms with Crippen LogP contribution in [0.3, 0.4) is 0 Å². The molecular formula is C14H10N4O3. The van der Waals surface area contributed by atoms with Crippen LogP contribution in [0.4, 0.5) is 0 Å². The Balaban J connectivity index is 2.33. The average molecular weight is 282 g/mol. The van der Waals surface area contributed by atoms with Crippen LogP contribution in [-0.4, -0.2) is 37.9 Å². The first-order chi connectivity index (χ1) is 10.2. The topological polar surface area (TPSA) is 111 Å². The molecule has 0 aliphatic heterocycles. The summed E-state index contributed by atoms with van der Waals surface area (Å²) in [5.74, 6) is -0.0312. The number of oxime groups is 2. The van der Waals surface area contributed by atoms with E-state index in [-0.39, 0.29) is 5.75 Å². The second kappa shape index (κ2) is 5.04. The van der Waals surface area contributed by atoms with Gasteiger partial charge in [0.05, 0.1) is 29.3 Å². The number of phenols is 1. The monoisotopic (exact) mass is 282 g/mol. The van der Waals surface area contributed by atoms with Gasteiger partial charge in [-0.1, -0.05) is 10.3 Å². The summed E-state index contributed by atoms with van der Waals surface area (Å²) >= 11 is 0. The fourth-order valence-electron chi connectivity index (χ4n) is 2.18. The first-order valence-corrected chi connectivity index (χ1v) is 6.01. The summed E-state index contributed by atoms with van der Waals surface area (Å²) in [7, 11) is 0. The zero-order valence-electron chi connectivity index (χ0n) is 10.7. The van der Waals surface area contributed by atoms with Gasteiger partial charge in [0, 0.05) is 16.8 Å². The van der Waals surface area contributed by atoms with Gasteiger partial charge in [-0.2, -0.15) is 0 Å². The minimum atomic E-state index is -0.0312. The number of aromatic nitrogens is 2. The molecule has 0 aliphatic carbocycles. The smallest absolute Gasteiger partial charge is 0.144 e. The molecule has 0 bridgehead atoms. The maximum atomic E-state index is 10.1. The van der Waals surface area contributed by atoms with Gasteiger partial charge in [-0.25, -0.2) is 9.97 Å². The average Bonchev–Trinajstić information content (AvgIpc) is 2.48. The fraction of sp³-hybridized carbons (Fsp3) is 0. The van der Waals surface area contributed by atoms with Crippen molar-refractivity contribution in [2.75, 3.05) is 0 Å². The number of hydrogen-bond acceptors (Lipinski definition) is 7. The molecule has 7 nitrogen and oxygen atoms in total. The van der Waals surface area contributed by atoms with Gasteiger partial charge in [-0.05, 0) is 24.3 Å². The largest absolute Gasteiger partial charge is 0.506 e. The lowest BCUT2D eigenvalue weighted by Crippen LogP contribution is -1.93. The third kappa shape index (κ3) is 2.20. The van der Waals surface area contributed by atoms with Crippen molar-refractivity contribution < 1.29 is 15.5 Å². The maximum absolute atomic E-state index is 10.1. The minimum Gasteiger partial charge on any atom is -0.506 e. The van der Waals surface area contributed by atoms with Crippen molar-refractivity contribution >= 4 is 34.2 Å². The Kier molecular flexibility index (Phi) is 3.07. The zero-order valence-corrected chi connectivity index (χ0v) is 10.7. The molecule has 0 amide bonds. The van der Waals surface area contributed by atoms with E-state index in [4.69, 9.17) is 10.4 Å². The van der Waals surface area contributed by atoms with E-state index in [0.717, 1.165) is 10.8 Å². The number of hydrogen-bond donors (Lipinski definition) is 3. The fourth-order valence-corrected chi connectivity index (χ4v) is 2.18. The summed E-state index contributed by atoms with van der Waals surface area (Å²) in [6, 6.07) is 8.43. The first kappa shape index (κ1) is 12.8. The van der Waals surface area contributed by atoms with Crippen molar-refractivity contribution in [2.24, 2.45) is 10.3 Å². The lowest BCUT2D eigenvalue weighted by Gasteiger charge is -2.06. The van der Waals surface area contributed by atoms with Crippen LogP contribution in [0, 0.1) is 0 Å². The van der Waals surface area contributed by atoms with Crippen LogP contribution >= 0.6 is 0 Å². The van der Waals surface area contributed by atoms with Crippen molar-refractivity contribution in [3.63, 3.8) is 0 Å². The van der Waals surface area contributed by atoms with E-state index in [1.54, 1.807) is 18.2 Å². The van der Waals surface area contributed by atoms with Gasteiger partial charge in [0.15, 0.2) is 0 Å². The molecule has 3 aromatic rings. The molecule has 0 fully saturated rings. The number of phenolic OH excluding ortho intramolecular Hbond substituents is 1. The van der Waals surface area contributed by atoms with Gasteiger partial charge in [0.2, 0.25) is 0 Å². The van der Waals surface area contributed by atoms with Crippen molar-refractivity contribution in [1.29, 1.82) is 0 Å². The highest BCUT2D eigenvalue weighted by Crippen LogP contribution is 2.30. The Morgan fingerprint density at radius 1 is 0.857 bits per heavy atom. The van der Waals surface area contributed by atoms with Gasteiger partial charge in [-0.3, -0.25) is 0 Å². The number of aromatic hydroxyl groups is 1. The third-order valence-electron chi connectivity index (χ3n) is 3.05. The molecule has 104 valence electrons. The van der Waals surface area contributed by atoms with Crippen LogP contribution in [0.1, 0.15) is 11.4 Å². The molecule has 0 aliphatic rings. The standard InChI is InChI=1S/C14H10N4O3/c19-13-5-12-10(3-1-8(17-12)6-15-20)11-4-2-9(7-16-21)18-14(11)13/h1-7,19-21H/b15-6+,16-7+. The molecule has 3 rings (SSSR count). The first-order valence-electron chi connectivity index (χ1n) is 6.01. The van der Waals surface area contributed by atoms with Crippen LogP contribution in [0.25, 0.3) is 21.8 Å². The number of rotatable bonds is 2. The van der Waals surface area contributed by atoms with Crippen LogP contribution in [0.5, 0.6) is 5.75 Å². The summed E-state index contributed by atoms with van der Waals surface area (Å²) in [4.78, 5) is 8.49. The number of pyridine rings is 2. The van der Waals surface area contributed by atoms with Crippen LogP contribution in [0.15, 0.2) is 40.6 Å². The summed E-state index contributed by atoms with van der Waals surface area (Å²) in [5, 5.41) is 34.5. The molecule has 7 heteroatoms. The Hall–Kier alpha value is -3.22. The van der Waals surface area contributed by atoms with Gasteiger partial charge >= 0.3 is 0 Å². The number of benzene rings is 1. The van der Waals surface area contributed by atoms with E-state index in [2.05, 4.69) is 20.3 Å². The summed E-state index contributed by atoms with van der Waals surface area (Å²) in [5.41, 5.74) is 1.85. The molecule has 0 unspecified atom stereocenters. The molecule has 2 heterocycles. The quantitative estimate of drug-likeness (QED) is 0.288. The molecule has 0 saturated heterocycles. The molecule has 2 aromatic heterocycles. The summed E-state index contributed by atoms with van der Waals surface area (Å²) in [6.07, 6.45) is 2.39. The molecule has 3 N–H and O–H groups in total. The Morgan fingerprint density at radius 2 is 1.48 bits per heavy atom. The van der Waals surface area contributed by atoms with Crippen LogP contribution < -0.4 is 0 Å². The molecule has 1 aromatic carbocycles. The minimum absolute atomic E-state index is 0.0312. The molecule has 0 atom stereocenters. The molecular weight excluding hydrogens is 272 g/mol. The lowest BCUT2D eigenvalue weighted by molar-refractivity contribution is 0.321. The van der Waals surface area contributed by atoms with Crippen molar-refractivity contribution in [2.45, 2.75) is 0 Å². The zero-order chi connectivity index (χ0) is 14.8. The van der Waals surface area contributed by atoms with Crippen LogP contribution in [-0.2, 0) is 0 Å². The Morgan fingerprint density at radius 3 is 2.14 bits per heavy atom. The van der Waals surface area contributed by atoms with Gasteiger partial charge in [0.25, 0.3) is 0 Å². The molecule has 0 spiro atoms. The summed E-state index contributed by atoms with van der Waals surface area (Å²) in [6.45, 7) is 0. The van der Waals surface area contributed by atoms with Gasteiger partial charge in [0.1, 0.15) is 11.3 Å². The normalized spacial score (nSPS) is 12.0. The van der Waals surface area contributed by atoms with E-state index in [1.807, 2.05) is 6.07 Å². The highest BCUT2D eigenvalue weighted by atomic mass is 16.4. The lowest BCUT2D eigenvalue weighted by atomic mass is 10.1. The predicted molar refractivity (Wildman–Crippen MR) is 77.5 cm³/mol. The highest BCUT2D eigenvalue weighted by molar-refractivity contribution is 6.08. The van der Waals surface area contributed by atoms with Crippen molar-refractivity contribution in [3.8, 4) is 5.75 Å². The second-order valence-electron chi connectivity index (χ2n) is 4.32. The second-order valence-corrected chi connectivity index (χ2v) is 4.32. The Bertz CT molecular complexity index is 890.